The number of hydrogen-bond donors (Lipinski definition) is 0. The normalized spacial score (nSPS) is 21.9. The second-order valence-corrected chi connectivity index (χ2v) is 11.2. The number of para-hydroxylation sites is 1. The number of sulfonamides is 1. The summed E-state index contributed by atoms with van der Waals surface area (Å²) in [6, 6.07) is 9.52. The summed E-state index contributed by atoms with van der Waals surface area (Å²) in [5, 5.41) is 4.51. The fraction of sp³-hybridized carbons (Fsp3) is 0.583. The summed E-state index contributed by atoms with van der Waals surface area (Å²) in [5.74, 6) is -0.539. The van der Waals surface area contributed by atoms with Crippen molar-refractivity contribution in [1.29, 1.82) is 0 Å². The highest BCUT2D eigenvalue weighted by Gasteiger charge is 2.42. The second kappa shape index (κ2) is 9.07. The summed E-state index contributed by atoms with van der Waals surface area (Å²) in [4.78, 5) is 15.3. The van der Waals surface area contributed by atoms with Gasteiger partial charge in [0.15, 0.2) is 5.79 Å². The van der Waals surface area contributed by atoms with Gasteiger partial charge in [0.05, 0.1) is 30.3 Å². The fourth-order valence-electron chi connectivity index (χ4n) is 5.41. The van der Waals surface area contributed by atoms with E-state index in [0.717, 1.165) is 5.69 Å². The van der Waals surface area contributed by atoms with Crippen LogP contribution in [0.3, 0.4) is 0 Å². The van der Waals surface area contributed by atoms with E-state index in [9.17, 15) is 13.2 Å². The van der Waals surface area contributed by atoms with Crippen molar-refractivity contribution in [3.8, 4) is 5.69 Å². The number of aryl methyl sites for hydroxylation is 1. The van der Waals surface area contributed by atoms with E-state index in [1.807, 2.05) is 35.2 Å². The summed E-state index contributed by atoms with van der Waals surface area (Å²) in [6.45, 7) is 6.65. The van der Waals surface area contributed by atoms with Crippen molar-refractivity contribution in [3.05, 3.63) is 41.7 Å². The van der Waals surface area contributed by atoms with Crippen LogP contribution in [0.1, 0.15) is 37.1 Å². The number of ether oxygens (including phenoxy) is 2. The zero-order valence-corrected chi connectivity index (χ0v) is 20.6. The molecule has 3 fully saturated rings. The van der Waals surface area contributed by atoms with E-state index in [4.69, 9.17) is 9.47 Å². The molecule has 0 radical (unpaired) electrons. The Kier molecular flexibility index (Phi) is 6.26. The van der Waals surface area contributed by atoms with Crippen molar-refractivity contribution in [2.24, 2.45) is 5.92 Å². The molecule has 0 atom stereocenters. The highest BCUT2D eigenvalue weighted by Crippen LogP contribution is 2.33. The number of likely N-dealkylation sites (tertiary alicyclic amines) is 1. The van der Waals surface area contributed by atoms with Gasteiger partial charge < -0.3 is 14.4 Å². The molecule has 3 saturated heterocycles. The van der Waals surface area contributed by atoms with E-state index in [1.54, 1.807) is 18.5 Å². The van der Waals surface area contributed by atoms with E-state index in [0.29, 0.717) is 76.5 Å². The molecule has 4 heterocycles. The molecule has 3 aliphatic heterocycles. The second-order valence-electron chi connectivity index (χ2n) is 9.36. The number of nitrogens with zero attached hydrogens (tertiary/aromatic N) is 4. The van der Waals surface area contributed by atoms with Gasteiger partial charge in [0.2, 0.25) is 15.9 Å². The third-order valence-corrected chi connectivity index (χ3v) is 9.43. The smallest absolute Gasteiger partial charge is 0.246 e. The summed E-state index contributed by atoms with van der Waals surface area (Å²) in [6.07, 6.45) is 2.43. The van der Waals surface area contributed by atoms with Gasteiger partial charge in [-0.15, -0.1) is 0 Å². The van der Waals surface area contributed by atoms with Crippen LogP contribution in [0.25, 0.3) is 5.69 Å². The molecule has 2 aromatic rings. The molecule has 3 aliphatic rings. The molecule has 1 aromatic heterocycles. The minimum atomic E-state index is -3.71. The zero-order chi connectivity index (χ0) is 23.9. The predicted octanol–water partition coefficient (Wildman–Crippen LogP) is 2.26. The molecule has 5 rings (SSSR count). The van der Waals surface area contributed by atoms with Crippen molar-refractivity contribution < 1.29 is 22.7 Å². The number of benzene rings is 1. The first-order chi connectivity index (χ1) is 16.3. The molecule has 0 aliphatic carbocycles. The molecule has 10 heteroatoms. The maximum absolute atomic E-state index is 13.5. The monoisotopic (exact) mass is 488 g/mol. The number of amides is 1. The van der Waals surface area contributed by atoms with Gasteiger partial charge in [0, 0.05) is 44.9 Å². The quantitative estimate of drug-likeness (QED) is 0.655. The number of carbonyl (C=O) groups is 1. The standard InChI is InChI=1S/C24H32N4O5S/c1-18-22(19(2)28(25-18)21-6-4-3-5-7-21)34(30,31)27-12-8-20(9-13-27)23(29)26-14-10-24(11-15-26)32-16-17-33-24/h3-7,20H,8-17H2,1-2H3. The molecule has 0 N–H and O–H groups in total. The van der Waals surface area contributed by atoms with Crippen LogP contribution in [0.2, 0.25) is 0 Å². The Morgan fingerprint density at radius 3 is 2.24 bits per heavy atom. The number of carbonyl (C=O) groups excluding carboxylic acids is 1. The lowest BCUT2D eigenvalue weighted by molar-refractivity contribution is -0.188. The average Bonchev–Trinajstić information content (AvgIpc) is 3.43. The van der Waals surface area contributed by atoms with Crippen LogP contribution in [0.15, 0.2) is 35.2 Å². The summed E-state index contributed by atoms with van der Waals surface area (Å²) in [5.41, 5.74) is 1.91. The number of aromatic nitrogens is 2. The van der Waals surface area contributed by atoms with Gasteiger partial charge >= 0.3 is 0 Å². The van der Waals surface area contributed by atoms with E-state index in [1.165, 1.54) is 4.31 Å². The summed E-state index contributed by atoms with van der Waals surface area (Å²) >= 11 is 0. The molecule has 1 amide bonds. The Balaban J connectivity index is 1.24. The Morgan fingerprint density at radius 2 is 1.62 bits per heavy atom. The van der Waals surface area contributed by atoms with Gasteiger partial charge in [-0.1, -0.05) is 18.2 Å². The van der Waals surface area contributed by atoms with Crippen LogP contribution in [-0.2, 0) is 24.3 Å². The topological polar surface area (TPSA) is 94.0 Å². The van der Waals surface area contributed by atoms with Crippen molar-refractivity contribution in [3.63, 3.8) is 0 Å². The Labute approximate surface area is 200 Å². The highest BCUT2D eigenvalue weighted by atomic mass is 32.2. The zero-order valence-electron chi connectivity index (χ0n) is 19.8. The van der Waals surface area contributed by atoms with Gasteiger partial charge in [0.25, 0.3) is 0 Å². The van der Waals surface area contributed by atoms with Crippen molar-refractivity contribution in [2.45, 2.75) is 50.2 Å². The molecule has 184 valence electrons. The number of hydrogen-bond acceptors (Lipinski definition) is 6. The maximum atomic E-state index is 13.5. The number of piperidine rings is 2. The average molecular weight is 489 g/mol. The third-order valence-electron chi connectivity index (χ3n) is 7.28. The van der Waals surface area contributed by atoms with Crippen LogP contribution in [0.5, 0.6) is 0 Å². The first kappa shape index (κ1) is 23.5. The molecule has 0 bridgehead atoms. The van der Waals surface area contributed by atoms with E-state index >= 15 is 0 Å². The summed E-state index contributed by atoms with van der Waals surface area (Å²) in [7, 11) is -3.71. The molecule has 34 heavy (non-hydrogen) atoms. The van der Waals surface area contributed by atoms with Crippen molar-refractivity contribution >= 4 is 15.9 Å². The van der Waals surface area contributed by atoms with Gasteiger partial charge in [-0.3, -0.25) is 4.79 Å². The van der Waals surface area contributed by atoms with E-state index < -0.39 is 15.8 Å². The van der Waals surface area contributed by atoms with Crippen LogP contribution in [-0.4, -0.2) is 78.5 Å². The Hall–Kier alpha value is -2.27. The molecular formula is C24H32N4O5S. The summed E-state index contributed by atoms with van der Waals surface area (Å²) < 4.78 is 41.8. The van der Waals surface area contributed by atoms with Gasteiger partial charge in [-0.25, -0.2) is 13.1 Å². The number of rotatable bonds is 4. The lowest BCUT2D eigenvalue weighted by Gasteiger charge is -2.40. The molecule has 0 unspecified atom stereocenters. The molecule has 1 aromatic carbocycles. The van der Waals surface area contributed by atoms with E-state index in [2.05, 4.69) is 5.10 Å². The molecular weight excluding hydrogens is 456 g/mol. The Bertz CT molecular complexity index is 1140. The van der Waals surface area contributed by atoms with Gasteiger partial charge in [-0.05, 0) is 38.8 Å². The van der Waals surface area contributed by atoms with Crippen molar-refractivity contribution in [2.75, 3.05) is 39.4 Å². The van der Waals surface area contributed by atoms with Crippen LogP contribution in [0, 0.1) is 19.8 Å². The third kappa shape index (κ3) is 4.17. The van der Waals surface area contributed by atoms with E-state index in [-0.39, 0.29) is 16.7 Å². The fourth-order valence-corrected chi connectivity index (χ4v) is 7.23. The highest BCUT2D eigenvalue weighted by molar-refractivity contribution is 7.89. The van der Waals surface area contributed by atoms with Gasteiger partial charge in [0.1, 0.15) is 4.90 Å². The molecule has 1 spiro atoms. The SMILES string of the molecule is Cc1nn(-c2ccccc2)c(C)c1S(=O)(=O)N1CCC(C(=O)N2CCC3(CC2)OCCO3)CC1. The first-order valence-corrected chi connectivity index (χ1v) is 13.4. The maximum Gasteiger partial charge on any atom is 0.246 e. The molecule has 0 saturated carbocycles. The minimum Gasteiger partial charge on any atom is -0.347 e. The Morgan fingerprint density at radius 1 is 1.00 bits per heavy atom. The van der Waals surface area contributed by atoms with Crippen molar-refractivity contribution in [1.82, 2.24) is 19.0 Å². The lowest BCUT2D eigenvalue weighted by atomic mass is 9.94. The molecule has 9 nitrogen and oxygen atoms in total. The van der Waals surface area contributed by atoms with Crippen LogP contribution < -0.4 is 0 Å². The van der Waals surface area contributed by atoms with Gasteiger partial charge in [-0.2, -0.15) is 9.40 Å². The van der Waals surface area contributed by atoms with Crippen LogP contribution in [0.4, 0.5) is 0 Å². The largest absolute Gasteiger partial charge is 0.347 e. The lowest BCUT2D eigenvalue weighted by Crippen LogP contribution is -2.50. The van der Waals surface area contributed by atoms with Crippen LogP contribution >= 0.6 is 0 Å². The minimum absolute atomic E-state index is 0.120. The predicted molar refractivity (Wildman–Crippen MR) is 125 cm³/mol. The first-order valence-electron chi connectivity index (χ1n) is 12.0.